The minimum Gasteiger partial charge on any atom is -0.468 e. The van der Waals surface area contributed by atoms with Gasteiger partial charge >= 0.3 is 0 Å². The zero-order chi connectivity index (χ0) is 12.3. The van der Waals surface area contributed by atoms with Crippen LogP contribution in [0.2, 0.25) is 0 Å². The van der Waals surface area contributed by atoms with Crippen LogP contribution in [0.3, 0.4) is 0 Å². The monoisotopic (exact) mass is 236 g/mol. The van der Waals surface area contributed by atoms with Crippen LogP contribution in [0.5, 0.6) is 0 Å². The van der Waals surface area contributed by atoms with Gasteiger partial charge in [-0.2, -0.15) is 0 Å². The Morgan fingerprint density at radius 2 is 2.06 bits per heavy atom. The fraction of sp³-hybridized carbons (Fsp3) is 0.714. The first kappa shape index (κ1) is 12.7. The second-order valence-electron chi connectivity index (χ2n) is 5.15. The van der Waals surface area contributed by atoms with Gasteiger partial charge in [0.25, 0.3) is 0 Å². The fourth-order valence-corrected chi connectivity index (χ4v) is 2.82. The maximum absolute atomic E-state index is 5.50. The Labute approximate surface area is 104 Å². The molecule has 1 N–H and O–H groups in total. The molecule has 1 fully saturated rings. The molecule has 1 aliphatic carbocycles. The lowest BCUT2D eigenvalue weighted by Gasteiger charge is -2.37. The average Bonchev–Trinajstić information content (AvgIpc) is 2.91. The molecule has 0 radical (unpaired) electrons. The van der Waals surface area contributed by atoms with E-state index in [0.29, 0.717) is 12.1 Å². The smallest absolute Gasteiger partial charge is 0.120 e. The van der Waals surface area contributed by atoms with E-state index >= 15 is 0 Å². The van der Waals surface area contributed by atoms with Gasteiger partial charge < -0.3 is 9.73 Å². The van der Waals surface area contributed by atoms with E-state index in [1.54, 1.807) is 6.26 Å². The highest BCUT2D eigenvalue weighted by Gasteiger charge is 2.26. The largest absolute Gasteiger partial charge is 0.468 e. The molecule has 2 rings (SSSR count). The SMILES string of the molecule is CNC1CCC(N(C)C(C)c2ccco2)CC1. The minimum atomic E-state index is 0.376. The number of furan rings is 1. The van der Waals surface area contributed by atoms with Crippen molar-refractivity contribution in [1.29, 1.82) is 0 Å². The van der Waals surface area contributed by atoms with Crippen molar-refractivity contribution < 1.29 is 4.42 Å². The van der Waals surface area contributed by atoms with Crippen molar-refractivity contribution in [2.45, 2.75) is 50.7 Å². The number of nitrogens with one attached hydrogen (secondary N) is 1. The lowest BCUT2D eigenvalue weighted by atomic mass is 9.90. The third-order valence-electron chi connectivity index (χ3n) is 4.25. The molecule has 0 aromatic carbocycles. The standard InChI is InChI=1S/C14H24N2O/c1-11(14-5-4-10-17-14)16(3)13-8-6-12(15-2)7-9-13/h4-5,10-13,15H,6-9H2,1-3H3. The Balaban J connectivity index is 1.90. The van der Waals surface area contributed by atoms with Crippen molar-refractivity contribution in [3.05, 3.63) is 24.2 Å². The molecule has 0 amide bonds. The number of hydrogen-bond donors (Lipinski definition) is 1. The van der Waals surface area contributed by atoms with Gasteiger partial charge in [0, 0.05) is 12.1 Å². The summed E-state index contributed by atoms with van der Waals surface area (Å²) in [7, 11) is 4.29. The lowest BCUT2D eigenvalue weighted by molar-refractivity contribution is 0.124. The van der Waals surface area contributed by atoms with Crippen LogP contribution in [-0.4, -0.2) is 31.1 Å². The maximum atomic E-state index is 5.50. The fourth-order valence-electron chi connectivity index (χ4n) is 2.82. The summed E-state index contributed by atoms with van der Waals surface area (Å²) in [5.74, 6) is 1.07. The second-order valence-corrected chi connectivity index (χ2v) is 5.15. The molecule has 1 heterocycles. The van der Waals surface area contributed by atoms with E-state index in [9.17, 15) is 0 Å². The van der Waals surface area contributed by atoms with Gasteiger partial charge in [0.1, 0.15) is 5.76 Å². The zero-order valence-electron chi connectivity index (χ0n) is 11.1. The highest BCUT2D eigenvalue weighted by atomic mass is 16.3. The van der Waals surface area contributed by atoms with E-state index in [-0.39, 0.29) is 0 Å². The van der Waals surface area contributed by atoms with Gasteiger partial charge in [-0.25, -0.2) is 0 Å². The summed E-state index contributed by atoms with van der Waals surface area (Å²) in [5, 5.41) is 3.38. The Kier molecular flexibility index (Phi) is 4.24. The van der Waals surface area contributed by atoms with Gasteiger partial charge in [-0.3, -0.25) is 4.90 Å². The third-order valence-corrected chi connectivity index (χ3v) is 4.25. The molecule has 0 bridgehead atoms. The summed E-state index contributed by atoms with van der Waals surface area (Å²) >= 11 is 0. The van der Waals surface area contributed by atoms with Gasteiger partial charge in [0.2, 0.25) is 0 Å². The summed E-state index contributed by atoms with van der Waals surface area (Å²) < 4.78 is 5.50. The molecular weight excluding hydrogens is 212 g/mol. The third kappa shape index (κ3) is 2.90. The molecule has 1 aromatic heterocycles. The molecule has 96 valence electrons. The van der Waals surface area contributed by atoms with E-state index in [1.807, 2.05) is 6.07 Å². The predicted molar refractivity (Wildman–Crippen MR) is 70.0 cm³/mol. The molecular formula is C14H24N2O. The molecule has 1 aliphatic rings. The van der Waals surface area contributed by atoms with Gasteiger partial charge in [0.15, 0.2) is 0 Å². The van der Waals surface area contributed by atoms with E-state index in [0.717, 1.165) is 11.8 Å². The van der Waals surface area contributed by atoms with Crippen LogP contribution in [0, 0.1) is 0 Å². The average molecular weight is 236 g/mol. The summed E-state index contributed by atoms with van der Waals surface area (Å²) in [4.78, 5) is 2.46. The first-order chi connectivity index (χ1) is 8.22. The molecule has 0 aliphatic heterocycles. The van der Waals surface area contributed by atoms with Crippen LogP contribution >= 0.6 is 0 Å². The van der Waals surface area contributed by atoms with E-state index in [2.05, 4.69) is 37.3 Å². The maximum Gasteiger partial charge on any atom is 0.120 e. The van der Waals surface area contributed by atoms with Crippen LogP contribution < -0.4 is 5.32 Å². The van der Waals surface area contributed by atoms with Gasteiger partial charge in [0.05, 0.1) is 12.3 Å². The topological polar surface area (TPSA) is 28.4 Å². The highest BCUT2D eigenvalue weighted by molar-refractivity contribution is 5.04. The number of nitrogens with zero attached hydrogens (tertiary/aromatic N) is 1. The molecule has 17 heavy (non-hydrogen) atoms. The van der Waals surface area contributed by atoms with Gasteiger partial charge in [-0.1, -0.05) is 0 Å². The summed E-state index contributed by atoms with van der Waals surface area (Å²) in [5.41, 5.74) is 0. The van der Waals surface area contributed by atoms with Crippen molar-refractivity contribution >= 4 is 0 Å². The van der Waals surface area contributed by atoms with Crippen molar-refractivity contribution in [1.82, 2.24) is 10.2 Å². The summed E-state index contributed by atoms with van der Waals surface area (Å²) in [6.07, 6.45) is 6.91. The Hall–Kier alpha value is -0.800. The molecule has 3 heteroatoms. The Bertz CT molecular complexity index is 315. The molecule has 3 nitrogen and oxygen atoms in total. The number of rotatable bonds is 4. The van der Waals surface area contributed by atoms with Gasteiger partial charge in [-0.05, 0) is 58.8 Å². The van der Waals surface area contributed by atoms with Crippen molar-refractivity contribution in [2.75, 3.05) is 14.1 Å². The van der Waals surface area contributed by atoms with E-state index in [1.165, 1.54) is 25.7 Å². The lowest BCUT2D eigenvalue weighted by Crippen LogP contribution is -2.40. The molecule has 0 saturated heterocycles. The van der Waals surface area contributed by atoms with Crippen LogP contribution in [0.1, 0.15) is 44.4 Å². The van der Waals surface area contributed by atoms with Crippen LogP contribution in [-0.2, 0) is 0 Å². The number of hydrogen-bond acceptors (Lipinski definition) is 3. The van der Waals surface area contributed by atoms with Crippen molar-refractivity contribution in [3.63, 3.8) is 0 Å². The van der Waals surface area contributed by atoms with Crippen LogP contribution in [0.4, 0.5) is 0 Å². The first-order valence-corrected chi connectivity index (χ1v) is 6.65. The molecule has 1 atom stereocenters. The molecule has 1 unspecified atom stereocenters. The quantitative estimate of drug-likeness (QED) is 0.871. The first-order valence-electron chi connectivity index (χ1n) is 6.65. The van der Waals surface area contributed by atoms with E-state index < -0.39 is 0 Å². The van der Waals surface area contributed by atoms with Crippen LogP contribution in [0.15, 0.2) is 22.8 Å². The zero-order valence-corrected chi connectivity index (χ0v) is 11.1. The highest BCUT2D eigenvalue weighted by Crippen LogP contribution is 2.28. The van der Waals surface area contributed by atoms with Gasteiger partial charge in [-0.15, -0.1) is 0 Å². The van der Waals surface area contributed by atoms with Crippen molar-refractivity contribution in [2.24, 2.45) is 0 Å². The minimum absolute atomic E-state index is 0.376. The molecule has 1 saturated carbocycles. The molecule has 1 aromatic rings. The second kappa shape index (κ2) is 5.69. The van der Waals surface area contributed by atoms with E-state index in [4.69, 9.17) is 4.42 Å². The van der Waals surface area contributed by atoms with Crippen LogP contribution in [0.25, 0.3) is 0 Å². The summed E-state index contributed by atoms with van der Waals surface area (Å²) in [6.45, 7) is 2.23. The van der Waals surface area contributed by atoms with Crippen molar-refractivity contribution in [3.8, 4) is 0 Å². The Morgan fingerprint density at radius 3 is 2.59 bits per heavy atom. The molecule has 0 spiro atoms. The normalized spacial score (nSPS) is 27.3. The summed E-state index contributed by atoms with van der Waals surface area (Å²) in [6, 6.07) is 5.83. The predicted octanol–water partition coefficient (Wildman–Crippen LogP) is 2.80. The Morgan fingerprint density at radius 1 is 1.35 bits per heavy atom.